The second-order valence-electron chi connectivity index (χ2n) is 6.58. The summed E-state index contributed by atoms with van der Waals surface area (Å²) in [5, 5.41) is 10.3. The molecule has 2 aliphatic heterocycles. The van der Waals surface area contributed by atoms with Crippen LogP contribution in [0.1, 0.15) is 30.4 Å². The number of nitrogens with zero attached hydrogens (tertiary/aromatic N) is 1. The number of anilines is 1. The summed E-state index contributed by atoms with van der Waals surface area (Å²) < 4.78 is 24.7. The minimum atomic E-state index is -0.534. The number of benzene rings is 1. The number of fused-ring (bicyclic) bond motifs is 1. The monoisotopic (exact) mass is 323 g/mol. The molecule has 1 aromatic carbocycles. The Morgan fingerprint density at radius 3 is 2.96 bits per heavy atom. The third-order valence-electron chi connectivity index (χ3n) is 4.66. The molecular formula is C18H26FNO3. The lowest BCUT2D eigenvalue weighted by atomic mass is 9.97. The number of aliphatic hydroxyl groups excluding tert-OH is 1. The Hall–Kier alpha value is -1.17. The van der Waals surface area contributed by atoms with E-state index in [1.54, 1.807) is 12.1 Å². The maximum absolute atomic E-state index is 13.6. The molecule has 1 saturated heterocycles. The molecule has 1 unspecified atom stereocenters. The van der Waals surface area contributed by atoms with Gasteiger partial charge in [0.25, 0.3) is 0 Å². The average molecular weight is 323 g/mol. The van der Waals surface area contributed by atoms with Crippen LogP contribution >= 0.6 is 0 Å². The summed E-state index contributed by atoms with van der Waals surface area (Å²) in [5.74, 6) is -0.175. The van der Waals surface area contributed by atoms with Gasteiger partial charge in [-0.1, -0.05) is 0 Å². The number of aryl methyl sites for hydroxylation is 2. The molecule has 3 rings (SSSR count). The molecule has 1 aromatic rings. The minimum Gasteiger partial charge on any atom is -0.389 e. The van der Waals surface area contributed by atoms with Crippen molar-refractivity contribution >= 4 is 5.69 Å². The standard InChI is InChI=1S/C18H26FNO3/c1-13-9-15(19)10-14-3-2-6-20(18(13)14)11-16(21)12-23-17-4-7-22-8-5-17/h9-10,16-17,21H,2-8,11-12H2,1H3. The van der Waals surface area contributed by atoms with Gasteiger partial charge in [-0.15, -0.1) is 0 Å². The van der Waals surface area contributed by atoms with Gasteiger partial charge in [-0.3, -0.25) is 0 Å². The van der Waals surface area contributed by atoms with Gasteiger partial charge in [0.1, 0.15) is 5.82 Å². The Bertz CT molecular complexity index is 531. The second kappa shape index (κ2) is 7.60. The van der Waals surface area contributed by atoms with Crippen LogP contribution in [0.3, 0.4) is 0 Å². The van der Waals surface area contributed by atoms with E-state index >= 15 is 0 Å². The van der Waals surface area contributed by atoms with E-state index < -0.39 is 6.10 Å². The molecule has 2 aliphatic rings. The highest BCUT2D eigenvalue weighted by atomic mass is 19.1. The number of β-amino-alcohol motifs (C(OH)–C–C–N with tert-alkyl or cyclic N) is 1. The van der Waals surface area contributed by atoms with Gasteiger partial charge in [0.05, 0.1) is 18.8 Å². The summed E-state index contributed by atoms with van der Waals surface area (Å²) >= 11 is 0. The molecule has 128 valence electrons. The van der Waals surface area contributed by atoms with Gasteiger partial charge < -0.3 is 19.5 Å². The topological polar surface area (TPSA) is 41.9 Å². The molecule has 0 aromatic heterocycles. The van der Waals surface area contributed by atoms with Crippen LogP contribution in [0.15, 0.2) is 12.1 Å². The quantitative estimate of drug-likeness (QED) is 0.904. The molecule has 0 saturated carbocycles. The number of ether oxygens (including phenoxy) is 2. The molecule has 0 amide bonds. The first kappa shape index (κ1) is 16.7. The van der Waals surface area contributed by atoms with Crippen molar-refractivity contribution in [2.75, 3.05) is 37.8 Å². The van der Waals surface area contributed by atoms with Crippen molar-refractivity contribution in [3.63, 3.8) is 0 Å². The van der Waals surface area contributed by atoms with E-state index in [1.807, 2.05) is 6.92 Å². The van der Waals surface area contributed by atoms with Crippen LogP contribution in [-0.2, 0) is 15.9 Å². The molecule has 23 heavy (non-hydrogen) atoms. The minimum absolute atomic E-state index is 0.175. The van der Waals surface area contributed by atoms with Crippen LogP contribution in [0, 0.1) is 12.7 Å². The van der Waals surface area contributed by atoms with E-state index in [0.29, 0.717) is 13.2 Å². The average Bonchev–Trinajstić information content (AvgIpc) is 2.53. The normalized spacial score (nSPS) is 20.4. The number of hydrogen-bond acceptors (Lipinski definition) is 4. The maximum atomic E-state index is 13.6. The van der Waals surface area contributed by atoms with Crippen molar-refractivity contribution in [1.29, 1.82) is 0 Å². The Labute approximate surface area is 137 Å². The molecule has 4 nitrogen and oxygen atoms in total. The summed E-state index contributed by atoms with van der Waals surface area (Å²) in [7, 11) is 0. The predicted octanol–water partition coefficient (Wildman–Crippen LogP) is 2.44. The Balaban J connectivity index is 1.58. The molecule has 1 fully saturated rings. The van der Waals surface area contributed by atoms with Crippen molar-refractivity contribution < 1.29 is 19.0 Å². The smallest absolute Gasteiger partial charge is 0.123 e. The number of aliphatic hydroxyl groups is 1. The first-order chi connectivity index (χ1) is 11.1. The lowest BCUT2D eigenvalue weighted by Crippen LogP contribution is -2.39. The molecule has 5 heteroatoms. The summed E-state index contributed by atoms with van der Waals surface area (Å²) in [6.07, 6.45) is 3.36. The van der Waals surface area contributed by atoms with E-state index in [0.717, 1.165) is 62.3 Å². The first-order valence-electron chi connectivity index (χ1n) is 8.55. The fourth-order valence-electron chi connectivity index (χ4n) is 3.60. The highest BCUT2D eigenvalue weighted by Crippen LogP contribution is 2.31. The molecule has 0 bridgehead atoms. The number of halogens is 1. The van der Waals surface area contributed by atoms with Gasteiger partial charge in [-0.2, -0.15) is 0 Å². The maximum Gasteiger partial charge on any atom is 0.123 e. The Morgan fingerprint density at radius 1 is 1.39 bits per heavy atom. The zero-order valence-corrected chi connectivity index (χ0v) is 13.8. The van der Waals surface area contributed by atoms with Crippen LogP contribution < -0.4 is 4.90 Å². The van der Waals surface area contributed by atoms with Crippen LogP contribution in [0.4, 0.5) is 10.1 Å². The first-order valence-corrected chi connectivity index (χ1v) is 8.55. The zero-order valence-electron chi connectivity index (χ0n) is 13.8. The molecule has 0 radical (unpaired) electrons. The molecular weight excluding hydrogens is 297 g/mol. The van der Waals surface area contributed by atoms with Crippen LogP contribution in [0.5, 0.6) is 0 Å². The van der Waals surface area contributed by atoms with Gasteiger partial charge in [0.2, 0.25) is 0 Å². The van der Waals surface area contributed by atoms with E-state index in [2.05, 4.69) is 4.90 Å². The lowest BCUT2D eigenvalue weighted by molar-refractivity contribution is -0.0575. The fraction of sp³-hybridized carbons (Fsp3) is 0.667. The van der Waals surface area contributed by atoms with Crippen molar-refractivity contribution in [3.8, 4) is 0 Å². The predicted molar refractivity (Wildman–Crippen MR) is 87.5 cm³/mol. The number of hydrogen-bond donors (Lipinski definition) is 1. The summed E-state index contributed by atoms with van der Waals surface area (Å²) in [6.45, 7) is 5.19. The highest BCUT2D eigenvalue weighted by Gasteiger charge is 2.23. The SMILES string of the molecule is Cc1cc(F)cc2c1N(CC(O)COC1CCOCC1)CCC2. The Morgan fingerprint density at radius 2 is 2.17 bits per heavy atom. The van der Waals surface area contributed by atoms with Gasteiger partial charge in [-0.05, 0) is 55.9 Å². The summed E-state index contributed by atoms with van der Waals surface area (Å²) in [6, 6.07) is 3.20. The highest BCUT2D eigenvalue weighted by molar-refractivity contribution is 5.61. The molecule has 0 spiro atoms. The lowest BCUT2D eigenvalue weighted by Gasteiger charge is -2.34. The number of rotatable bonds is 5. The molecule has 0 aliphatic carbocycles. The largest absolute Gasteiger partial charge is 0.389 e. The van der Waals surface area contributed by atoms with Crippen molar-refractivity contribution in [1.82, 2.24) is 0 Å². The third kappa shape index (κ3) is 4.22. The van der Waals surface area contributed by atoms with Gasteiger partial charge in [-0.25, -0.2) is 4.39 Å². The summed E-state index contributed by atoms with van der Waals surface area (Å²) in [4.78, 5) is 2.17. The fourth-order valence-corrected chi connectivity index (χ4v) is 3.60. The van der Waals surface area contributed by atoms with Crippen molar-refractivity contribution in [3.05, 3.63) is 29.1 Å². The second-order valence-corrected chi connectivity index (χ2v) is 6.58. The van der Waals surface area contributed by atoms with E-state index in [1.165, 1.54) is 0 Å². The van der Waals surface area contributed by atoms with Crippen LogP contribution in [0.25, 0.3) is 0 Å². The third-order valence-corrected chi connectivity index (χ3v) is 4.66. The summed E-state index contributed by atoms with van der Waals surface area (Å²) in [5.41, 5.74) is 3.08. The Kier molecular flexibility index (Phi) is 5.51. The van der Waals surface area contributed by atoms with Crippen LogP contribution in [-0.4, -0.2) is 50.2 Å². The zero-order chi connectivity index (χ0) is 16.2. The van der Waals surface area contributed by atoms with E-state index in [4.69, 9.17) is 9.47 Å². The van der Waals surface area contributed by atoms with E-state index in [9.17, 15) is 9.50 Å². The van der Waals surface area contributed by atoms with Gasteiger partial charge >= 0.3 is 0 Å². The van der Waals surface area contributed by atoms with Crippen molar-refractivity contribution in [2.24, 2.45) is 0 Å². The van der Waals surface area contributed by atoms with Crippen molar-refractivity contribution in [2.45, 2.75) is 44.8 Å². The van der Waals surface area contributed by atoms with E-state index in [-0.39, 0.29) is 11.9 Å². The van der Waals surface area contributed by atoms with Gasteiger partial charge in [0, 0.05) is 32.0 Å². The van der Waals surface area contributed by atoms with Gasteiger partial charge in [0.15, 0.2) is 0 Å². The molecule has 1 atom stereocenters. The van der Waals surface area contributed by atoms with Crippen LogP contribution in [0.2, 0.25) is 0 Å². The molecule has 1 N–H and O–H groups in total. The molecule has 2 heterocycles.